The van der Waals surface area contributed by atoms with Gasteiger partial charge in [0.05, 0.1) is 30.9 Å². The fourth-order valence-electron chi connectivity index (χ4n) is 5.47. The summed E-state index contributed by atoms with van der Waals surface area (Å²) < 4.78 is 5.60. The molecule has 0 aliphatic carbocycles. The first-order valence-corrected chi connectivity index (χ1v) is 13.0. The van der Waals surface area contributed by atoms with E-state index in [4.69, 9.17) is 27.1 Å². The van der Waals surface area contributed by atoms with Crippen LogP contribution >= 0.6 is 11.6 Å². The molecule has 1 aromatic carbocycles. The number of benzene rings is 1. The third-order valence-electron chi connectivity index (χ3n) is 7.54. The Morgan fingerprint density at radius 1 is 1.09 bits per heavy atom. The van der Waals surface area contributed by atoms with Crippen LogP contribution in [0.4, 0.5) is 5.69 Å². The summed E-state index contributed by atoms with van der Waals surface area (Å²) in [6, 6.07) is 5.06. The maximum Gasteiger partial charge on any atom is 0.256 e. The zero-order valence-electron chi connectivity index (χ0n) is 19.8. The molecule has 0 saturated carbocycles. The second kappa shape index (κ2) is 9.37. The van der Waals surface area contributed by atoms with E-state index in [0.29, 0.717) is 22.8 Å². The zero-order chi connectivity index (χ0) is 23.9. The van der Waals surface area contributed by atoms with Crippen LogP contribution in [0, 0.1) is 0 Å². The Hall–Kier alpha value is -2.75. The molecule has 35 heavy (non-hydrogen) atoms. The van der Waals surface area contributed by atoms with Crippen LogP contribution in [0.2, 0.25) is 5.02 Å². The highest BCUT2D eigenvalue weighted by Crippen LogP contribution is 2.33. The van der Waals surface area contributed by atoms with Crippen LogP contribution in [0.25, 0.3) is 0 Å². The van der Waals surface area contributed by atoms with Gasteiger partial charge in [-0.15, -0.1) is 0 Å². The van der Waals surface area contributed by atoms with Crippen LogP contribution < -0.4 is 11.2 Å². The van der Waals surface area contributed by atoms with E-state index in [1.165, 1.54) is 6.42 Å². The van der Waals surface area contributed by atoms with Gasteiger partial charge in [-0.05, 0) is 50.0 Å². The number of amidine groups is 1. The second-order valence-corrected chi connectivity index (χ2v) is 10.2. The van der Waals surface area contributed by atoms with Gasteiger partial charge in [0, 0.05) is 49.5 Å². The van der Waals surface area contributed by atoms with Crippen molar-refractivity contribution in [1.82, 2.24) is 25.1 Å². The number of hydrogen-bond acceptors (Lipinski definition) is 8. The lowest BCUT2D eigenvalue weighted by atomic mass is 9.94. The van der Waals surface area contributed by atoms with Crippen LogP contribution in [0.1, 0.15) is 36.0 Å². The Kier molecular flexibility index (Phi) is 6.07. The van der Waals surface area contributed by atoms with Gasteiger partial charge in [-0.1, -0.05) is 11.6 Å². The molecule has 1 aromatic rings. The molecule has 5 heterocycles. The highest BCUT2D eigenvalue weighted by Gasteiger charge is 2.40. The summed E-state index contributed by atoms with van der Waals surface area (Å²) in [6.45, 7) is 5.91. The predicted molar refractivity (Wildman–Crippen MR) is 135 cm³/mol. The number of carbonyl (C=O) groups is 1. The Morgan fingerprint density at radius 2 is 1.91 bits per heavy atom. The first-order valence-electron chi connectivity index (χ1n) is 12.6. The topological polar surface area (TPSA) is 89.7 Å². The van der Waals surface area contributed by atoms with Crippen molar-refractivity contribution in [3.63, 3.8) is 0 Å². The molecule has 0 radical (unpaired) electrons. The fraction of sp³-hybridized carbons (Fsp3) is 0.520. The van der Waals surface area contributed by atoms with E-state index < -0.39 is 0 Å². The number of carbonyl (C=O) groups excluding carboxylic acids is 1. The average molecular weight is 498 g/mol. The molecule has 5 aliphatic rings. The molecular formula is C25H32ClN7O2. The van der Waals surface area contributed by atoms with Gasteiger partial charge in [0.25, 0.3) is 5.91 Å². The number of piperidine rings is 1. The minimum Gasteiger partial charge on any atom is -0.398 e. The number of aliphatic imine (C=N–C) groups is 1. The maximum absolute atomic E-state index is 13.6. The first-order chi connectivity index (χ1) is 17.1. The third-order valence-corrected chi connectivity index (χ3v) is 7.77. The molecule has 0 bridgehead atoms. The average Bonchev–Trinajstić information content (AvgIpc) is 3.28. The number of amides is 1. The Morgan fingerprint density at radius 3 is 2.69 bits per heavy atom. The molecule has 10 heteroatoms. The minimum atomic E-state index is -0.0616. The zero-order valence-corrected chi connectivity index (χ0v) is 20.6. The van der Waals surface area contributed by atoms with E-state index in [2.05, 4.69) is 32.4 Å². The molecule has 9 nitrogen and oxygen atoms in total. The van der Waals surface area contributed by atoms with Crippen molar-refractivity contribution in [2.24, 2.45) is 4.99 Å². The van der Waals surface area contributed by atoms with Crippen molar-refractivity contribution in [3.8, 4) is 0 Å². The van der Waals surface area contributed by atoms with Gasteiger partial charge in [-0.3, -0.25) is 4.79 Å². The molecule has 3 fully saturated rings. The SMILES string of the molecule is Nc1ccc(Cl)cc1C(=O)N1CCCCC1C1C=C2N=C(N3CCC3)C=C(N3CCOCC3)N2N1. The molecule has 186 valence electrons. The quantitative estimate of drug-likeness (QED) is 0.619. The van der Waals surface area contributed by atoms with Crippen molar-refractivity contribution >= 4 is 29.0 Å². The molecule has 3 saturated heterocycles. The van der Waals surface area contributed by atoms with Crippen molar-refractivity contribution in [2.75, 3.05) is 51.7 Å². The number of nitrogens with two attached hydrogens (primary N) is 1. The number of nitrogen functional groups attached to an aromatic ring is 1. The van der Waals surface area contributed by atoms with Gasteiger partial charge in [0.2, 0.25) is 0 Å². The number of anilines is 1. The van der Waals surface area contributed by atoms with Gasteiger partial charge in [-0.2, -0.15) is 0 Å². The number of likely N-dealkylation sites (tertiary alicyclic amines) is 2. The van der Waals surface area contributed by atoms with Gasteiger partial charge in [0.1, 0.15) is 17.5 Å². The highest BCUT2D eigenvalue weighted by atomic mass is 35.5. The maximum atomic E-state index is 13.6. The number of halogens is 1. The lowest BCUT2D eigenvalue weighted by Crippen LogP contribution is -2.56. The van der Waals surface area contributed by atoms with E-state index in [-0.39, 0.29) is 18.0 Å². The number of hydrogen-bond donors (Lipinski definition) is 2. The summed E-state index contributed by atoms with van der Waals surface area (Å²) in [7, 11) is 0. The summed E-state index contributed by atoms with van der Waals surface area (Å²) in [5, 5.41) is 2.62. The number of morpholine rings is 1. The molecule has 3 N–H and O–H groups in total. The van der Waals surface area contributed by atoms with Crippen LogP contribution in [0.15, 0.2) is 47.0 Å². The lowest BCUT2D eigenvalue weighted by Gasteiger charge is -2.42. The van der Waals surface area contributed by atoms with E-state index >= 15 is 0 Å². The molecule has 1 amide bonds. The number of nitrogens with zero attached hydrogens (tertiary/aromatic N) is 5. The van der Waals surface area contributed by atoms with Crippen molar-refractivity contribution in [3.05, 3.63) is 52.6 Å². The molecule has 0 aromatic heterocycles. The first kappa shape index (κ1) is 22.7. The van der Waals surface area contributed by atoms with Crippen molar-refractivity contribution < 1.29 is 9.53 Å². The van der Waals surface area contributed by atoms with E-state index in [1.54, 1.807) is 18.2 Å². The molecular weight excluding hydrogens is 466 g/mol. The van der Waals surface area contributed by atoms with E-state index in [9.17, 15) is 4.79 Å². The van der Waals surface area contributed by atoms with Crippen LogP contribution in [0.5, 0.6) is 0 Å². The molecule has 0 spiro atoms. The van der Waals surface area contributed by atoms with Gasteiger partial charge < -0.3 is 25.2 Å². The monoisotopic (exact) mass is 497 g/mol. The predicted octanol–water partition coefficient (Wildman–Crippen LogP) is 2.24. The number of ether oxygens (including phenoxy) is 1. The Labute approximate surface area is 210 Å². The smallest absolute Gasteiger partial charge is 0.256 e. The summed E-state index contributed by atoms with van der Waals surface area (Å²) in [4.78, 5) is 25.3. The van der Waals surface area contributed by atoms with E-state index in [1.807, 2.05) is 4.90 Å². The Balaban J connectivity index is 1.29. The summed E-state index contributed by atoms with van der Waals surface area (Å²) in [5.74, 6) is 2.97. The van der Waals surface area contributed by atoms with Gasteiger partial charge in [-0.25, -0.2) is 15.4 Å². The second-order valence-electron chi connectivity index (χ2n) is 9.72. The van der Waals surface area contributed by atoms with Crippen molar-refractivity contribution in [1.29, 1.82) is 0 Å². The van der Waals surface area contributed by atoms with Crippen LogP contribution in [-0.4, -0.2) is 89.5 Å². The summed E-state index contributed by atoms with van der Waals surface area (Å²) in [6.07, 6.45) is 8.55. The summed E-state index contributed by atoms with van der Waals surface area (Å²) in [5.41, 5.74) is 10.8. The normalized spacial score (nSPS) is 26.6. The minimum absolute atomic E-state index is 0.00123. The number of fused-ring (bicyclic) bond motifs is 1. The van der Waals surface area contributed by atoms with Crippen LogP contribution in [-0.2, 0) is 4.74 Å². The lowest BCUT2D eigenvalue weighted by molar-refractivity contribution is 0.0321. The number of rotatable bonds is 3. The number of hydrazine groups is 1. The van der Waals surface area contributed by atoms with Crippen molar-refractivity contribution in [2.45, 2.75) is 37.8 Å². The third kappa shape index (κ3) is 4.26. The van der Waals surface area contributed by atoms with Crippen LogP contribution in [0.3, 0.4) is 0 Å². The summed E-state index contributed by atoms with van der Waals surface area (Å²) >= 11 is 6.20. The van der Waals surface area contributed by atoms with E-state index in [0.717, 1.165) is 76.1 Å². The van der Waals surface area contributed by atoms with Gasteiger partial charge in [0.15, 0.2) is 0 Å². The Bertz CT molecular complexity index is 1090. The standard InChI is InChI=1S/C25H32ClN7O2/c26-17-5-6-19(27)18(14-17)25(34)32-9-2-1-4-21(32)20-15-23-28-22(30-7-3-8-30)16-24(33(23)29-20)31-10-12-35-13-11-31/h5-6,14-16,20-21,29H,1-4,7-13,27H2. The largest absolute Gasteiger partial charge is 0.398 e. The molecule has 6 rings (SSSR count). The van der Waals surface area contributed by atoms with Gasteiger partial charge >= 0.3 is 0 Å². The molecule has 2 unspecified atom stereocenters. The fourth-order valence-corrected chi connectivity index (χ4v) is 5.64. The number of nitrogens with one attached hydrogen (secondary N) is 1. The molecule has 5 aliphatic heterocycles. The molecule has 2 atom stereocenters. The highest BCUT2D eigenvalue weighted by molar-refractivity contribution is 6.31.